The van der Waals surface area contributed by atoms with Crippen LogP contribution in [0.1, 0.15) is 6.42 Å². The van der Waals surface area contributed by atoms with Gasteiger partial charge < -0.3 is 10.8 Å². The molecule has 1 atom stereocenters. The summed E-state index contributed by atoms with van der Waals surface area (Å²) in [6.07, 6.45) is -0.835. The third-order valence-corrected chi connectivity index (χ3v) is 0.971. The predicted molar refractivity (Wildman–Crippen MR) is 30.5 cm³/mol. The molecule has 8 heavy (non-hydrogen) atoms. The van der Waals surface area contributed by atoms with E-state index in [4.69, 9.17) is 22.4 Å². The molecule has 0 fully saturated rings. The van der Waals surface area contributed by atoms with Gasteiger partial charge in [0.1, 0.15) is 0 Å². The first kappa shape index (κ1) is 7.72. The fourth-order valence-corrected chi connectivity index (χ4v) is 0.396. The zero-order chi connectivity index (χ0) is 6.57. The van der Waals surface area contributed by atoms with E-state index in [1.807, 2.05) is 0 Å². The van der Waals surface area contributed by atoms with Gasteiger partial charge in [-0.25, -0.2) is 0 Å². The lowest BCUT2D eigenvalue weighted by molar-refractivity contribution is -0.119. The van der Waals surface area contributed by atoms with Crippen LogP contribution in [0.4, 0.5) is 0 Å². The molecule has 0 aliphatic rings. The van der Waals surface area contributed by atoms with Gasteiger partial charge in [-0.1, -0.05) is 0 Å². The molecular weight excluding hydrogens is 130 g/mol. The summed E-state index contributed by atoms with van der Waals surface area (Å²) in [5.41, 5.74) is 4.71. The molecule has 0 saturated carbocycles. The summed E-state index contributed by atoms with van der Waals surface area (Å²) in [6, 6.07) is 0. The second-order valence-corrected chi connectivity index (χ2v) is 1.79. The van der Waals surface area contributed by atoms with Crippen LogP contribution < -0.4 is 5.73 Å². The molecule has 0 heterocycles. The standard InChI is InChI=1S/C4H8ClNO2/c5-2-3(7)1-4(6)8/h3,7H,1-2H2,(H2,6,8)/t3-/m1/s1. The Labute approximate surface area is 52.4 Å². The molecule has 0 unspecified atom stereocenters. The Morgan fingerprint density at radius 3 is 2.50 bits per heavy atom. The van der Waals surface area contributed by atoms with Crippen LogP contribution in [0.2, 0.25) is 0 Å². The first-order valence-electron chi connectivity index (χ1n) is 2.19. The Morgan fingerprint density at radius 1 is 1.88 bits per heavy atom. The van der Waals surface area contributed by atoms with Crippen LogP contribution in [0.5, 0.6) is 0 Å². The highest BCUT2D eigenvalue weighted by molar-refractivity contribution is 6.18. The van der Waals surface area contributed by atoms with Crippen molar-refractivity contribution >= 4 is 17.5 Å². The molecule has 0 radical (unpaired) electrons. The lowest BCUT2D eigenvalue weighted by Crippen LogP contribution is -2.20. The van der Waals surface area contributed by atoms with E-state index in [0.29, 0.717) is 0 Å². The van der Waals surface area contributed by atoms with Crippen LogP contribution in [0, 0.1) is 0 Å². The zero-order valence-corrected chi connectivity index (χ0v) is 5.06. The van der Waals surface area contributed by atoms with Gasteiger partial charge in [0.25, 0.3) is 0 Å². The molecule has 3 nitrogen and oxygen atoms in total. The minimum Gasteiger partial charge on any atom is -0.391 e. The van der Waals surface area contributed by atoms with E-state index in [0.717, 1.165) is 0 Å². The summed E-state index contributed by atoms with van der Waals surface area (Å²) in [6.45, 7) is 0. The Bertz CT molecular complexity index is 86.1. The number of carbonyl (C=O) groups excluding carboxylic acids is 1. The van der Waals surface area contributed by atoms with Gasteiger partial charge in [0.15, 0.2) is 0 Å². The number of primary amides is 1. The number of alkyl halides is 1. The molecule has 0 aromatic heterocycles. The zero-order valence-electron chi connectivity index (χ0n) is 4.30. The number of nitrogens with two attached hydrogens (primary N) is 1. The third-order valence-electron chi connectivity index (χ3n) is 0.615. The highest BCUT2D eigenvalue weighted by Gasteiger charge is 2.04. The number of amides is 1. The first-order chi connectivity index (χ1) is 3.66. The summed E-state index contributed by atoms with van der Waals surface area (Å²) < 4.78 is 0. The monoisotopic (exact) mass is 137 g/mol. The lowest BCUT2D eigenvalue weighted by Gasteiger charge is -1.99. The van der Waals surface area contributed by atoms with Crippen molar-refractivity contribution in [3.05, 3.63) is 0 Å². The van der Waals surface area contributed by atoms with Gasteiger partial charge in [-0.2, -0.15) is 0 Å². The molecule has 4 heteroatoms. The van der Waals surface area contributed by atoms with Gasteiger partial charge in [0.2, 0.25) is 5.91 Å². The van der Waals surface area contributed by atoms with Crippen molar-refractivity contribution in [2.45, 2.75) is 12.5 Å². The maximum absolute atomic E-state index is 9.97. The van der Waals surface area contributed by atoms with E-state index < -0.39 is 12.0 Å². The maximum Gasteiger partial charge on any atom is 0.220 e. The summed E-state index contributed by atoms with van der Waals surface area (Å²) in [5, 5.41) is 8.60. The largest absolute Gasteiger partial charge is 0.391 e. The number of carbonyl (C=O) groups is 1. The molecule has 3 N–H and O–H groups in total. The number of halogens is 1. The number of hydrogen-bond donors (Lipinski definition) is 2. The summed E-state index contributed by atoms with van der Waals surface area (Å²) >= 11 is 5.14. The van der Waals surface area contributed by atoms with E-state index >= 15 is 0 Å². The second-order valence-electron chi connectivity index (χ2n) is 1.48. The third kappa shape index (κ3) is 3.89. The molecule has 0 saturated heterocycles. The lowest BCUT2D eigenvalue weighted by atomic mass is 10.3. The van der Waals surface area contributed by atoms with Crippen LogP contribution in [-0.2, 0) is 4.79 Å². The first-order valence-corrected chi connectivity index (χ1v) is 2.72. The molecule has 0 aliphatic heterocycles. The van der Waals surface area contributed by atoms with E-state index in [-0.39, 0.29) is 12.3 Å². The fourth-order valence-electron chi connectivity index (χ4n) is 0.287. The van der Waals surface area contributed by atoms with Crippen molar-refractivity contribution in [3.63, 3.8) is 0 Å². The van der Waals surface area contributed by atoms with E-state index in [2.05, 4.69) is 0 Å². The molecule has 0 aromatic carbocycles. The maximum atomic E-state index is 9.97. The fraction of sp³-hybridized carbons (Fsp3) is 0.750. The number of rotatable bonds is 3. The molecule has 0 aromatic rings. The number of aliphatic hydroxyl groups is 1. The molecule has 0 rings (SSSR count). The Hall–Kier alpha value is -0.280. The van der Waals surface area contributed by atoms with Gasteiger partial charge >= 0.3 is 0 Å². The van der Waals surface area contributed by atoms with E-state index in [1.165, 1.54) is 0 Å². The smallest absolute Gasteiger partial charge is 0.220 e. The molecule has 0 spiro atoms. The van der Waals surface area contributed by atoms with Gasteiger partial charge in [-0.15, -0.1) is 11.6 Å². The second kappa shape index (κ2) is 3.69. The summed E-state index contributed by atoms with van der Waals surface area (Å²) in [4.78, 5) is 9.97. The quantitative estimate of drug-likeness (QED) is 0.514. The number of aliphatic hydroxyl groups excluding tert-OH is 1. The minimum absolute atomic E-state index is 0.0521. The van der Waals surface area contributed by atoms with Crippen LogP contribution in [-0.4, -0.2) is 23.0 Å². The highest BCUT2D eigenvalue weighted by atomic mass is 35.5. The van der Waals surface area contributed by atoms with Gasteiger partial charge in [0.05, 0.1) is 12.5 Å². The van der Waals surface area contributed by atoms with Crippen molar-refractivity contribution in [1.29, 1.82) is 0 Å². The van der Waals surface area contributed by atoms with Crippen molar-refractivity contribution < 1.29 is 9.90 Å². The SMILES string of the molecule is NC(=O)C[C@@H](O)CCl. The molecular formula is C4H8ClNO2. The summed E-state index contributed by atoms with van der Waals surface area (Å²) in [5.74, 6) is -0.471. The molecule has 48 valence electrons. The Morgan fingerprint density at radius 2 is 2.38 bits per heavy atom. The number of hydrogen-bond acceptors (Lipinski definition) is 2. The summed E-state index contributed by atoms with van der Waals surface area (Å²) in [7, 11) is 0. The molecule has 0 aliphatic carbocycles. The molecule has 1 amide bonds. The van der Waals surface area contributed by atoms with Crippen LogP contribution in [0.3, 0.4) is 0 Å². The Kier molecular flexibility index (Phi) is 3.56. The van der Waals surface area contributed by atoms with Crippen molar-refractivity contribution in [2.75, 3.05) is 5.88 Å². The van der Waals surface area contributed by atoms with E-state index in [1.54, 1.807) is 0 Å². The molecule has 0 bridgehead atoms. The average Bonchev–Trinajstić information content (AvgIpc) is 1.65. The van der Waals surface area contributed by atoms with Crippen molar-refractivity contribution in [3.8, 4) is 0 Å². The Balaban J connectivity index is 3.24. The van der Waals surface area contributed by atoms with Gasteiger partial charge in [-0.05, 0) is 0 Å². The normalized spacial score (nSPS) is 13.2. The van der Waals surface area contributed by atoms with Crippen molar-refractivity contribution in [1.82, 2.24) is 0 Å². The predicted octanol–water partition coefficient (Wildman–Crippen LogP) is -0.539. The highest BCUT2D eigenvalue weighted by Crippen LogP contribution is 1.91. The minimum atomic E-state index is -0.783. The van der Waals surface area contributed by atoms with Crippen LogP contribution in [0.25, 0.3) is 0 Å². The average molecular weight is 138 g/mol. The van der Waals surface area contributed by atoms with Crippen LogP contribution in [0.15, 0.2) is 0 Å². The van der Waals surface area contributed by atoms with Gasteiger partial charge in [0, 0.05) is 5.88 Å². The van der Waals surface area contributed by atoms with Crippen molar-refractivity contribution in [2.24, 2.45) is 5.73 Å². The van der Waals surface area contributed by atoms with Gasteiger partial charge in [-0.3, -0.25) is 4.79 Å². The van der Waals surface area contributed by atoms with E-state index in [9.17, 15) is 4.79 Å². The topological polar surface area (TPSA) is 63.3 Å². The van der Waals surface area contributed by atoms with Crippen LogP contribution >= 0.6 is 11.6 Å².